The van der Waals surface area contributed by atoms with Crippen LogP contribution >= 0.6 is 0 Å². The molecule has 1 aliphatic rings. The van der Waals surface area contributed by atoms with Crippen molar-refractivity contribution in [3.8, 4) is 0 Å². The highest BCUT2D eigenvalue weighted by atomic mass is 32.2. The van der Waals surface area contributed by atoms with E-state index in [4.69, 9.17) is 0 Å². The second kappa shape index (κ2) is 8.12. The van der Waals surface area contributed by atoms with Gasteiger partial charge in [-0.15, -0.1) is 0 Å². The topological polar surface area (TPSA) is 95.6 Å². The average Bonchev–Trinajstić information content (AvgIpc) is 2.70. The minimum Gasteiger partial charge on any atom is -0.322 e. The Labute approximate surface area is 164 Å². The first-order chi connectivity index (χ1) is 13.3. The van der Waals surface area contributed by atoms with Crippen LogP contribution in [-0.2, 0) is 14.8 Å². The molecule has 2 amide bonds. The zero-order valence-corrected chi connectivity index (χ0v) is 16.7. The Morgan fingerprint density at radius 1 is 1.07 bits per heavy atom. The average molecular weight is 401 g/mol. The van der Waals surface area contributed by atoms with Crippen molar-refractivity contribution in [1.29, 1.82) is 0 Å². The van der Waals surface area contributed by atoms with E-state index in [1.807, 2.05) is 0 Å². The van der Waals surface area contributed by atoms with Crippen LogP contribution < -0.4 is 14.9 Å². The van der Waals surface area contributed by atoms with Gasteiger partial charge in [-0.25, -0.2) is 13.1 Å². The summed E-state index contributed by atoms with van der Waals surface area (Å²) in [7, 11) is -2.27. The number of carbonyl (C=O) groups is 2. The van der Waals surface area contributed by atoms with Gasteiger partial charge in [-0.3, -0.25) is 9.59 Å². The number of carbonyl (C=O) groups excluding carboxylic acids is 2. The van der Waals surface area contributed by atoms with Crippen molar-refractivity contribution in [2.24, 2.45) is 0 Å². The van der Waals surface area contributed by atoms with E-state index in [0.717, 1.165) is 18.5 Å². The molecule has 2 N–H and O–H groups in total. The maximum absolute atomic E-state index is 12.5. The van der Waals surface area contributed by atoms with Crippen molar-refractivity contribution in [3.63, 3.8) is 0 Å². The number of amides is 2. The Morgan fingerprint density at radius 2 is 1.79 bits per heavy atom. The molecule has 1 fully saturated rings. The molecule has 0 aliphatic carbocycles. The number of nitrogens with one attached hydrogen (secondary N) is 2. The van der Waals surface area contributed by atoms with Crippen molar-refractivity contribution in [2.75, 3.05) is 23.8 Å². The summed E-state index contributed by atoms with van der Waals surface area (Å²) in [5.74, 6) is -0.255. The molecule has 28 heavy (non-hydrogen) atoms. The molecule has 1 saturated heterocycles. The first kappa shape index (κ1) is 20.0. The highest BCUT2D eigenvalue weighted by Crippen LogP contribution is 2.23. The zero-order chi connectivity index (χ0) is 20.3. The van der Waals surface area contributed by atoms with E-state index in [1.54, 1.807) is 48.2 Å². The molecule has 148 valence electrons. The number of rotatable bonds is 5. The fourth-order valence-corrected chi connectivity index (χ4v) is 4.15. The molecule has 0 spiro atoms. The Morgan fingerprint density at radius 3 is 2.43 bits per heavy atom. The molecule has 0 saturated carbocycles. The molecule has 1 heterocycles. The summed E-state index contributed by atoms with van der Waals surface area (Å²) < 4.78 is 26.5. The number of nitrogens with zero attached hydrogens (tertiary/aromatic N) is 1. The summed E-state index contributed by atoms with van der Waals surface area (Å²) in [6.45, 7) is 2.38. The highest BCUT2D eigenvalue weighted by Gasteiger charge is 2.20. The number of sulfonamides is 1. The highest BCUT2D eigenvalue weighted by molar-refractivity contribution is 7.89. The summed E-state index contributed by atoms with van der Waals surface area (Å²) in [4.78, 5) is 26.4. The lowest BCUT2D eigenvalue weighted by Gasteiger charge is -2.26. The molecule has 2 aromatic carbocycles. The van der Waals surface area contributed by atoms with Crippen LogP contribution in [0, 0.1) is 6.92 Å². The van der Waals surface area contributed by atoms with E-state index in [-0.39, 0.29) is 16.7 Å². The van der Waals surface area contributed by atoms with Crippen LogP contribution in [0.5, 0.6) is 0 Å². The summed E-state index contributed by atoms with van der Waals surface area (Å²) in [6.07, 6.45) is 2.43. The van der Waals surface area contributed by atoms with Gasteiger partial charge in [0.25, 0.3) is 5.91 Å². The molecular formula is C20H23N3O4S. The van der Waals surface area contributed by atoms with Gasteiger partial charge in [-0.1, -0.05) is 6.07 Å². The number of hydrogen-bond donors (Lipinski definition) is 2. The molecule has 1 aliphatic heterocycles. The van der Waals surface area contributed by atoms with E-state index in [1.165, 1.54) is 13.1 Å². The molecule has 0 unspecified atom stereocenters. The maximum Gasteiger partial charge on any atom is 0.255 e. The molecule has 0 bridgehead atoms. The lowest BCUT2D eigenvalue weighted by atomic mass is 10.1. The van der Waals surface area contributed by atoms with Gasteiger partial charge < -0.3 is 10.2 Å². The first-order valence-electron chi connectivity index (χ1n) is 9.08. The van der Waals surface area contributed by atoms with Crippen molar-refractivity contribution in [2.45, 2.75) is 31.1 Å². The molecule has 0 radical (unpaired) electrons. The quantitative estimate of drug-likeness (QED) is 0.805. The Bertz CT molecular complexity index is 1000. The predicted octanol–water partition coefficient (Wildman–Crippen LogP) is 2.67. The normalized spacial score (nSPS) is 14.8. The van der Waals surface area contributed by atoms with Crippen LogP contribution in [0.1, 0.15) is 35.2 Å². The molecule has 7 nitrogen and oxygen atoms in total. The number of hydrogen-bond acceptors (Lipinski definition) is 4. The Hall–Kier alpha value is -2.71. The third-order valence-electron chi connectivity index (χ3n) is 4.77. The molecule has 3 rings (SSSR count). The Kier molecular flexibility index (Phi) is 5.81. The minimum absolute atomic E-state index is 0.0985. The van der Waals surface area contributed by atoms with Crippen LogP contribution in [-0.4, -0.2) is 33.8 Å². The third-order valence-corrected chi connectivity index (χ3v) is 6.33. The van der Waals surface area contributed by atoms with Gasteiger partial charge >= 0.3 is 0 Å². The second-order valence-electron chi connectivity index (χ2n) is 6.69. The molecule has 8 heteroatoms. The number of aryl methyl sites for hydroxylation is 1. The minimum atomic E-state index is -3.61. The predicted molar refractivity (Wildman–Crippen MR) is 108 cm³/mol. The molecular weight excluding hydrogens is 378 g/mol. The van der Waals surface area contributed by atoms with Gasteiger partial charge in [0.2, 0.25) is 15.9 Å². The van der Waals surface area contributed by atoms with E-state index in [0.29, 0.717) is 29.8 Å². The lowest BCUT2D eigenvalue weighted by Crippen LogP contribution is -2.35. The van der Waals surface area contributed by atoms with Gasteiger partial charge in [-0.05, 0) is 68.8 Å². The molecule has 0 aromatic heterocycles. The SMILES string of the molecule is CNS(=O)(=O)c1cc(NC(=O)c2ccc(N3CCCCC3=O)cc2)ccc1C. The van der Waals surface area contributed by atoms with E-state index >= 15 is 0 Å². The number of anilines is 2. The first-order valence-corrected chi connectivity index (χ1v) is 10.6. The Balaban J connectivity index is 1.76. The third kappa shape index (κ3) is 4.23. The summed E-state index contributed by atoms with van der Waals surface area (Å²) in [5.41, 5.74) is 2.17. The fraction of sp³-hybridized carbons (Fsp3) is 0.300. The van der Waals surface area contributed by atoms with Gasteiger partial charge in [0.15, 0.2) is 0 Å². The monoisotopic (exact) mass is 401 g/mol. The summed E-state index contributed by atoms with van der Waals surface area (Å²) in [5, 5.41) is 2.72. The van der Waals surface area contributed by atoms with Gasteiger partial charge in [-0.2, -0.15) is 0 Å². The lowest BCUT2D eigenvalue weighted by molar-refractivity contribution is -0.119. The number of piperidine rings is 1. The summed E-state index contributed by atoms with van der Waals surface area (Å²) in [6, 6.07) is 11.6. The fourth-order valence-electron chi connectivity index (χ4n) is 3.15. The number of benzene rings is 2. The van der Waals surface area contributed by atoms with E-state index < -0.39 is 10.0 Å². The van der Waals surface area contributed by atoms with Crippen LogP contribution in [0.15, 0.2) is 47.4 Å². The van der Waals surface area contributed by atoms with E-state index in [9.17, 15) is 18.0 Å². The largest absolute Gasteiger partial charge is 0.322 e. The smallest absolute Gasteiger partial charge is 0.255 e. The van der Waals surface area contributed by atoms with Gasteiger partial charge in [0, 0.05) is 29.9 Å². The van der Waals surface area contributed by atoms with Crippen molar-refractivity contribution >= 4 is 33.2 Å². The van der Waals surface area contributed by atoms with Crippen molar-refractivity contribution in [1.82, 2.24) is 4.72 Å². The second-order valence-corrected chi connectivity index (χ2v) is 8.55. The van der Waals surface area contributed by atoms with Crippen LogP contribution in [0.25, 0.3) is 0 Å². The van der Waals surface area contributed by atoms with Crippen LogP contribution in [0.2, 0.25) is 0 Å². The van der Waals surface area contributed by atoms with Crippen molar-refractivity contribution < 1.29 is 18.0 Å². The standard InChI is InChI=1S/C20H23N3O4S/c1-14-6-9-16(13-18(14)28(26,27)21-2)22-20(25)15-7-10-17(11-8-15)23-12-4-3-5-19(23)24/h6-11,13,21H,3-5,12H2,1-2H3,(H,22,25). The molecule has 2 aromatic rings. The summed E-state index contributed by atoms with van der Waals surface area (Å²) >= 11 is 0. The van der Waals surface area contributed by atoms with E-state index in [2.05, 4.69) is 10.0 Å². The van der Waals surface area contributed by atoms with Gasteiger partial charge in [0.05, 0.1) is 4.90 Å². The van der Waals surface area contributed by atoms with Gasteiger partial charge in [0.1, 0.15) is 0 Å². The maximum atomic E-state index is 12.5. The van der Waals surface area contributed by atoms with Crippen LogP contribution in [0.4, 0.5) is 11.4 Å². The molecule has 0 atom stereocenters. The van der Waals surface area contributed by atoms with Crippen LogP contribution in [0.3, 0.4) is 0 Å². The van der Waals surface area contributed by atoms with Crippen molar-refractivity contribution in [3.05, 3.63) is 53.6 Å². The zero-order valence-electron chi connectivity index (χ0n) is 15.9.